The monoisotopic (exact) mass is 258 g/mol. The Morgan fingerprint density at radius 2 is 2.06 bits per heavy atom. The van der Waals surface area contributed by atoms with Gasteiger partial charge in [0.25, 0.3) is 0 Å². The van der Waals surface area contributed by atoms with Crippen LogP contribution in [0.5, 0.6) is 0 Å². The minimum absolute atomic E-state index is 0.679. The Balaban J connectivity index is 1.47. The zero-order valence-electron chi connectivity index (χ0n) is 10.6. The van der Waals surface area contributed by atoms with Gasteiger partial charge in [-0.2, -0.15) is 0 Å². The topological polar surface area (TPSA) is 24.9 Å². The lowest BCUT2D eigenvalue weighted by atomic mass is 9.76. The molecule has 1 aromatic carbocycles. The van der Waals surface area contributed by atoms with Gasteiger partial charge in [0.2, 0.25) is 0 Å². The summed E-state index contributed by atoms with van der Waals surface area (Å²) in [5, 5.41) is 3.60. The molecule has 1 saturated carbocycles. The molecule has 2 nitrogen and oxygen atoms in total. The van der Waals surface area contributed by atoms with Gasteiger partial charge in [0.15, 0.2) is 0 Å². The van der Waals surface area contributed by atoms with Crippen LogP contribution in [0.2, 0.25) is 0 Å². The first-order valence-corrected chi connectivity index (χ1v) is 7.36. The lowest BCUT2D eigenvalue weighted by Gasteiger charge is -2.36. The first kappa shape index (κ1) is 11.9. The fourth-order valence-corrected chi connectivity index (χ4v) is 3.02. The highest BCUT2D eigenvalue weighted by Gasteiger charge is 2.29. The van der Waals surface area contributed by atoms with Gasteiger partial charge in [-0.05, 0) is 31.2 Å². The van der Waals surface area contributed by atoms with Gasteiger partial charge in [-0.15, -0.1) is 11.3 Å². The smallest absolute Gasteiger partial charge is 0.0794 e. The second-order valence-corrected chi connectivity index (χ2v) is 6.10. The van der Waals surface area contributed by atoms with Crippen molar-refractivity contribution < 1.29 is 0 Å². The van der Waals surface area contributed by atoms with Crippen molar-refractivity contribution in [3.63, 3.8) is 0 Å². The number of aryl methyl sites for hydroxylation is 1. The van der Waals surface area contributed by atoms with E-state index in [1.165, 1.54) is 28.8 Å². The Morgan fingerprint density at radius 3 is 2.72 bits per heavy atom. The maximum Gasteiger partial charge on any atom is 0.0794 e. The highest BCUT2D eigenvalue weighted by atomic mass is 32.1. The first-order chi connectivity index (χ1) is 8.81. The average Bonchev–Trinajstić information content (AvgIpc) is 2.82. The molecule has 0 bridgehead atoms. The maximum absolute atomic E-state index is 4.09. The lowest BCUT2D eigenvalue weighted by Crippen LogP contribution is -2.39. The second-order valence-electron chi connectivity index (χ2n) is 5.12. The van der Waals surface area contributed by atoms with Gasteiger partial charge < -0.3 is 5.32 Å². The first-order valence-electron chi connectivity index (χ1n) is 6.48. The molecule has 2 aromatic rings. The Hall–Kier alpha value is -1.19. The molecule has 94 valence electrons. The van der Waals surface area contributed by atoms with E-state index in [1.54, 1.807) is 11.3 Å². The van der Waals surface area contributed by atoms with Gasteiger partial charge in [-0.1, -0.05) is 29.8 Å². The van der Waals surface area contributed by atoms with Gasteiger partial charge in [0.1, 0.15) is 0 Å². The predicted octanol–water partition coefficient (Wildman–Crippen LogP) is 3.49. The van der Waals surface area contributed by atoms with Gasteiger partial charge >= 0.3 is 0 Å². The molecule has 1 heterocycles. The van der Waals surface area contributed by atoms with Gasteiger partial charge in [-0.25, -0.2) is 0 Å². The largest absolute Gasteiger partial charge is 0.309 e. The van der Waals surface area contributed by atoms with Crippen molar-refractivity contribution in [3.05, 3.63) is 52.0 Å². The summed E-state index contributed by atoms with van der Waals surface area (Å²) in [6, 6.07) is 9.66. The van der Waals surface area contributed by atoms with E-state index >= 15 is 0 Å². The Labute approximate surface area is 112 Å². The molecule has 0 amide bonds. The molecule has 0 saturated heterocycles. The fourth-order valence-electron chi connectivity index (χ4n) is 2.47. The Bertz CT molecular complexity index is 484. The van der Waals surface area contributed by atoms with Crippen LogP contribution in [-0.2, 0) is 6.54 Å². The van der Waals surface area contributed by atoms with Crippen molar-refractivity contribution in [2.45, 2.75) is 38.3 Å². The van der Waals surface area contributed by atoms with Crippen LogP contribution in [-0.4, -0.2) is 11.0 Å². The van der Waals surface area contributed by atoms with Crippen molar-refractivity contribution in [3.8, 4) is 0 Å². The van der Waals surface area contributed by atoms with Crippen molar-refractivity contribution in [1.29, 1.82) is 0 Å². The third-order valence-corrected chi connectivity index (χ3v) is 4.51. The minimum Gasteiger partial charge on any atom is -0.309 e. The standard InChI is InChI=1S/C15H18N2S/c1-11-2-4-12(5-3-11)13-6-14(7-13)17-9-15-8-16-10-18-15/h2-5,8,10,13-14,17H,6-7,9H2,1H3. The molecule has 1 fully saturated rings. The van der Waals surface area contributed by atoms with Crippen molar-refractivity contribution in [2.24, 2.45) is 0 Å². The second kappa shape index (κ2) is 5.21. The highest BCUT2D eigenvalue weighted by Crippen LogP contribution is 2.37. The fraction of sp³-hybridized carbons (Fsp3) is 0.400. The van der Waals surface area contributed by atoms with Gasteiger partial charge in [-0.3, -0.25) is 4.98 Å². The van der Waals surface area contributed by atoms with E-state index < -0.39 is 0 Å². The molecule has 1 aromatic heterocycles. The van der Waals surface area contributed by atoms with Crippen molar-refractivity contribution in [2.75, 3.05) is 0 Å². The van der Waals surface area contributed by atoms with E-state index in [0.717, 1.165) is 12.5 Å². The Morgan fingerprint density at radius 1 is 1.28 bits per heavy atom. The SMILES string of the molecule is Cc1ccc(C2CC(NCc3cncs3)C2)cc1. The summed E-state index contributed by atoms with van der Waals surface area (Å²) in [6.07, 6.45) is 4.48. The van der Waals surface area contributed by atoms with E-state index in [9.17, 15) is 0 Å². The molecular weight excluding hydrogens is 240 g/mol. The number of hydrogen-bond acceptors (Lipinski definition) is 3. The normalized spacial score (nSPS) is 22.7. The minimum atomic E-state index is 0.679. The van der Waals surface area contributed by atoms with Crippen LogP contribution in [0.4, 0.5) is 0 Å². The molecule has 18 heavy (non-hydrogen) atoms. The molecule has 1 aliphatic rings. The van der Waals surface area contributed by atoms with Crippen LogP contribution in [0.15, 0.2) is 36.0 Å². The zero-order chi connectivity index (χ0) is 12.4. The molecule has 1 aliphatic carbocycles. The number of benzene rings is 1. The molecule has 0 atom stereocenters. The summed E-state index contributed by atoms with van der Waals surface area (Å²) in [4.78, 5) is 5.42. The van der Waals surface area contributed by atoms with E-state index in [-0.39, 0.29) is 0 Å². The molecule has 0 aliphatic heterocycles. The van der Waals surface area contributed by atoms with E-state index in [4.69, 9.17) is 0 Å². The Kier molecular flexibility index (Phi) is 3.43. The number of aromatic nitrogens is 1. The van der Waals surface area contributed by atoms with E-state index in [1.807, 2.05) is 11.7 Å². The quantitative estimate of drug-likeness (QED) is 0.908. The molecule has 1 N–H and O–H groups in total. The molecule has 0 radical (unpaired) electrons. The van der Waals surface area contributed by atoms with Crippen LogP contribution >= 0.6 is 11.3 Å². The van der Waals surface area contributed by atoms with Crippen molar-refractivity contribution >= 4 is 11.3 Å². The number of nitrogens with one attached hydrogen (secondary N) is 1. The third kappa shape index (κ3) is 2.62. The molecule has 0 unspecified atom stereocenters. The summed E-state index contributed by atoms with van der Waals surface area (Å²) >= 11 is 1.72. The average molecular weight is 258 g/mol. The molecule has 3 heteroatoms. The number of thiazole rings is 1. The van der Waals surface area contributed by atoms with Gasteiger partial charge in [0.05, 0.1) is 5.51 Å². The van der Waals surface area contributed by atoms with Crippen LogP contribution in [0.25, 0.3) is 0 Å². The summed E-state index contributed by atoms with van der Waals surface area (Å²) in [7, 11) is 0. The molecular formula is C15H18N2S. The van der Waals surface area contributed by atoms with E-state index in [2.05, 4.69) is 41.5 Å². The van der Waals surface area contributed by atoms with Crippen LogP contribution in [0.1, 0.15) is 34.8 Å². The van der Waals surface area contributed by atoms with Crippen molar-refractivity contribution in [1.82, 2.24) is 10.3 Å². The lowest BCUT2D eigenvalue weighted by molar-refractivity contribution is 0.290. The van der Waals surface area contributed by atoms with Crippen LogP contribution in [0, 0.1) is 6.92 Å². The number of nitrogens with zero attached hydrogens (tertiary/aromatic N) is 1. The summed E-state index contributed by atoms with van der Waals surface area (Å²) < 4.78 is 0. The summed E-state index contributed by atoms with van der Waals surface area (Å²) in [6.45, 7) is 3.11. The third-order valence-electron chi connectivity index (χ3n) is 3.74. The van der Waals surface area contributed by atoms with Gasteiger partial charge in [0, 0.05) is 23.7 Å². The van der Waals surface area contributed by atoms with Crippen LogP contribution < -0.4 is 5.32 Å². The summed E-state index contributed by atoms with van der Waals surface area (Å²) in [5.74, 6) is 0.754. The number of rotatable bonds is 4. The zero-order valence-corrected chi connectivity index (χ0v) is 11.4. The predicted molar refractivity (Wildman–Crippen MR) is 75.9 cm³/mol. The summed E-state index contributed by atoms with van der Waals surface area (Å²) in [5.41, 5.74) is 4.74. The van der Waals surface area contributed by atoms with Crippen LogP contribution in [0.3, 0.4) is 0 Å². The number of hydrogen-bond donors (Lipinski definition) is 1. The van der Waals surface area contributed by atoms with E-state index in [0.29, 0.717) is 6.04 Å². The highest BCUT2D eigenvalue weighted by molar-refractivity contribution is 7.09. The maximum atomic E-state index is 4.09. The molecule has 3 rings (SSSR count). The molecule has 0 spiro atoms.